The lowest BCUT2D eigenvalue weighted by Gasteiger charge is -1.95. The first kappa shape index (κ1) is 6.64. The fourth-order valence-corrected chi connectivity index (χ4v) is 1.21. The van der Waals surface area contributed by atoms with Crippen molar-refractivity contribution in [1.82, 2.24) is 9.72 Å². The summed E-state index contributed by atoms with van der Waals surface area (Å²) < 4.78 is 6.14. The molecule has 0 aromatic carbocycles. The maximum atomic E-state index is 10.9. The number of nitrogens with zero attached hydrogens (tertiary/aromatic N) is 2. The summed E-state index contributed by atoms with van der Waals surface area (Å²) in [5, 5.41) is 3.72. The van der Waals surface area contributed by atoms with E-state index in [1.54, 1.807) is 4.57 Å². The van der Waals surface area contributed by atoms with Gasteiger partial charge in [0.1, 0.15) is 0 Å². The quantitative estimate of drug-likeness (QED) is 0.631. The number of hydrogen-bond acceptors (Lipinski definition) is 3. The number of aromatic nitrogens is 2. The van der Waals surface area contributed by atoms with E-state index in [4.69, 9.17) is 0 Å². The van der Waals surface area contributed by atoms with Gasteiger partial charge in [0.05, 0.1) is 0 Å². The highest BCUT2D eigenvalue weighted by atomic mass is 16.5. The summed E-state index contributed by atoms with van der Waals surface area (Å²) >= 11 is 0. The molecule has 60 valence electrons. The van der Waals surface area contributed by atoms with Crippen molar-refractivity contribution in [3.05, 3.63) is 16.4 Å². The maximum absolute atomic E-state index is 10.9. The van der Waals surface area contributed by atoms with Gasteiger partial charge in [0.25, 0.3) is 0 Å². The van der Waals surface area contributed by atoms with Crippen LogP contribution in [0.15, 0.2) is 9.32 Å². The van der Waals surface area contributed by atoms with Crippen molar-refractivity contribution >= 4 is 0 Å². The van der Waals surface area contributed by atoms with Crippen LogP contribution < -0.4 is 5.76 Å². The van der Waals surface area contributed by atoms with Gasteiger partial charge in [-0.15, -0.1) is 0 Å². The Morgan fingerprint density at radius 2 is 2.45 bits per heavy atom. The van der Waals surface area contributed by atoms with Gasteiger partial charge in [-0.1, -0.05) is 5.16 Å². The molecular weight excluding hydrogens is 144 g/mol. The van der Waals surface area contributed by atoms with Crippen molar-refractivity contribution in [3.63, 3.8) is 0 Å². The minimum absolute atomic E-state index is 0.325. The molecule has 1 aromatic heterocycles. The highest BCUT2D eigenvalue weighted by molar-refractivity contribution is 5.03. The molecule has 0 radical (unpaired) electrons. The lowest BCUT2D eigenvalue weighted by molar-refractivity contribution is 0.374. The summed E-state index contributed by atoms with van der Waals surface area (Å²) in [5.74, 6) is 0.994. The third-order valence-electron chi connectivity index (χ3n) is 1.97. The molecule has 1 fully saturated rings. The molecule has 11 heavy (non-hydrogen) atoms. The first-order chi connectivity index (χ1) is 5.33. The molecule has 0 saturated heterocycles. The zero-order valence-electron chi connectivity index (χ0n) is 6.41. The minimum Gasteiger partial charge on any atom is -0.296 e. The molecule has 0 bridgehead atoms. The molecule has 0 unspecified atom stereocenters. The summed E-state index contributed by atoms with van der Waals surface area (Å²) in [4.78, 5) is 10.9. The molecule has 1 saturated carbocycles. The van der Waals surface area contributed by atoms with Crippen LogP contribution in [-0.2, 0) is 6.54 Å². The van der Waals surface area contributed by atoms with Gasteiger partial charge in [0.2, 0.25) is 0 Å². The molecule has 1 aliphatic rings. The average molecular weight is 154 g/mol. The molecule has 4 heteroatoms. The monoisotopic (exact) mass is 154 g/mol. The Bertz CT molecular complexity index is 308. The molecule has 1 heterocycles. The largest absolute Gasteiger partial charge is 0.441 e. The van der Waals surface area contributed by atoms with Crippen LogP contribution in [-0.4, -0.2) is 9.72 Å². The second kappa shape index (κ2) is 2.22. The van der Waals surface area contributed by atoms with E-state index in [2.05, 4.69) is 9.68 Å². The summed E-state index contributed by atoms with van der Waals surface area (Å²) in [6, 6.07) is 0. The molecular formula is C7H10N2O2. The van der Waals surface area contributed by atoms with Gasteiger partial charge in [-0.3, -0.25) is 9.09 Å². The topological polar surface area (TPSA) is 48.0 Å². The van der Waals surface area contributed by atoms with E-state index in [1.165, 1.54) is 0 Å². The Morgan fingerprint density at radius 3 is 3.00 bits per heavy atom. The molecule has 0 aliphatic heterocycles. The van der Waals surface area contributed by atoms with Crippen LogP contribution in [0.5, 0.6) is 0 Å². The van der Waals surface area contributed by atoms with E-state index in [0.717, 1.165) is 18.7 Å². The van der Waals surface area contributed by atoms with Gasteiger partial charge in [-0.25, -0.2) is 4.79 Å². The second-order valence-corrected chi connectivity index (χ2v) is 2.83. The Balaban J connectivity index is 2.44. The third-order valence-corrected chi connectivity index (χ3v) is 1.97. The summed E-state index contributed by atoms with van der Waals surface area (Å²) in [5.41, 5.74) is 0. The third kappa shape index (κ3) is 0.982. The van der Waals surface area contributed by atoms with Gasteiger partial charge in [-0.05, 0) is 19.8 Å². The number of rotatable bonds is 2. The normalized spacial score (nSPS) is 17.2. The Labute approximate surface area is 63.8 Å². The molecule has 0 atom stereocenters. The maximum Gasteiger partial charge on any atom is 0.441 e. The van der Waals surface area contributed by atoms with Crippen LogP contribution in [0.2, 0.25) is 0 Å². The van der Waals surface area contributed by atoms with Gasteiger partial charge in [0.15, 0.2) is 5.82 Å². The molecule has 1 aliphatic carbocycles. The fraction of sp³-hybridized carbons (Fsp3) is 0.714. The van der Waals surface area contributed by atoms with Gasteiger partial charge in [-0.2, -0.15) is 0 Å². The summed E-state index contributed by atoms with van der Waals surface area (Å²) in [6.45, 7) is 2.58. The van der Waals surface area contributed by atoms with Crippen molar-refractivity contribution in [2.24, 2.45) is 0 Å². The standard InChI is InChI=1S/C7H10N2O2/c1-2-9-6(5-3-4-5)8-11-7(9)10/h5H,2-4H2,1H3. The fourth-order valence-electron chi connectivity index (χ4n) is 1.21. The van der Waals surface area contributed by atoms with Crippen molar-refractivity contribution in [2.45, 2.75) is 32.2 Å². The van der Waals surface area contributed by atoms with E-state index < -0.39 is 0 Å². The Morgan fingerprint density at radius 1 is 1.73 bits per heavy atom. The molecule has 0 N–H and O–H groups in total. The first-order valence-corrected chi connectivity index (χ1v) is 3.89. The van der Waals surface area contributed by atoms with E-state index in [9.17, 15) is 4.79 Å². The zero-order chi connectivity index (χ0) is 7.84. The van der Waals surface area contributed by atoms with Crippen LogP contribution in [0.25, 0.3) is 0 Å². The predicted molar refractivity (Wildman–Crippen MR) is 38.4 cm³/mol. The molecule has 2 rings (SSSR count). The van der Waals surface area contributed by atoms with E-state index in [0.29, 0.717) is 12.5 Å². The van der Waals surface area contributed by atoms with Crippen LogP contribution in [0.1, 0.15) is 31.5 Å². The summed E-state index contributed by atoms with van der Waals surface area (Å²) in [6.07, 6.45) is 2.29. The molecule has 0 spiro atoms. The lowest BCUT2D eigenvalue weighted by atomic mass is 10.4. The number of hydrogen-bond donors (Lipinski definition) is 0. The van der Waals surface area contributed by atoms with Gasteiger partial charge >= 0.3 is 5.76 Å². The minimum atomic E-state index is -0.325. The SMILES string of the molecule is CCn1c(C2CC2)noc1=O. The van der Waals surface area contributed by atoms with Gasteiger partial charge < -0.3 is 0 Å². The highest BCUT2D eigenvalue weighted by Crippen LogP contribution is 2.38. The van der Waals surface area contributed by atoms with Crippen LogP contribution in [0.3, 0.4) is 0 Å². The van der Waals surface area contributed by atoms with Gasteiger partial charge in [0, 0.05) is 12.5 Å². The van der Waals surface area contributed by atoms with Crippen molar-refractivity contribution in [2.75, 3.05) is 0 Å². The lowest BCUT2D eigenvalue weighted by Crippen LogP contribution is -2.15. The van der Waals surface area contributed by atoms with Crippen LogP contribution >= 0.6 is 0 Å². The van der Waals surface area contributed by atoms with Crippen molar-refractivity contribution < 1.29 is 4.52 Å². The molecule has 1 aromatic rings. The van der Waals surface area contributed by atoms with Crippen molar-refractivity contribution in [3.8, 4) is 0 Å². The smallest absolute Gasteiger partial charge is 0.296 e. The molecule has 0 amide bonds. The Hall–Kier alpha value is -1.06. The van der Waals surface area contributed by atoms with Crippen LogP contribution in [0, 0.1) is 0 Å². The Kier molecular flexibility index (Phi) is 1.34. The zero-order valence-corrected chi connectivity index (χ0v) is 6.41. The molecule has 4 nitrogen and oxygen atoms in total. The van der Waals surface area contributed by atoms with Crippen LogP contribution in [0.4, 0.5) is 0 Å². The second-order valence-electron chi connectivity index (χ2n) is 2.83. The first-order valence-electron chi connectivity index (χ1n) is 3.89. The van der Waals surface area contributed by atoms with E-state index in [-0.39, 0.29) is 5.76 Å². The van der Waals surface area contributed by atoms with E-state index >= 15 is 0 Å². The summed E-state index contributed by atoms with van der Waals surface area (Å²) in [7, 11) is 0. The highest BCUT2D eigenvalue weighted by Gasteiger charge is 2.29. The predicted octanol–water partition coefficient (Wildman–Crippen LogP) is 0.734. The van der Waals surface area contributed by atoms with E-state index in [1.807, 2.05) is 6.92 Å². The average Bonchev–Trinajstić information content (AvgIpc) is 2.76. The van der Waals surface area contributed by atoms with Crippen molar-refractivity contribution in [1.29, 1.82) is 0 Å².